The summed E-state index contributed by atoms with van der Waals surface area (Å²) in [6.07, 6.45) is 3.46. The molecule has 0 spiro atoms. The van der Waals surface area contributed by atoms with E-state index in [0.29, 0.717) is 23.8 Å². The first-order chi connectivity index (χ1) is 10.6. The molecule has 2 aromatic heterocycles. The number of nitrogens with zero attached hydrogens (tertiary/aromatic N) is 3. The number of carbonyl (C=O) groups is 1. The van der Waals surface area contributed by atoms with Crippen molar-refractivity contribution in [3.63, 3.8) is 0 Å². The summed E-state index contributed by atoms with van der Waals surface area (Å²) in [5.74, 6) is 2.40. The number of hydrogen-bond acceptors (Lipinski definition) is 5. The highest BCUT2D eigenvalue weighted by Gasteiger charge is 2.30. The van der Waals surface area contributed by atoms with Gasteiger partial charge in [-0.1, -0.05) is 19.0 Å². The molecule has 1 atom stereocenters. The maximum Gasteiger partial charge on any atom is 0.257 e. The average Bonchev–Trinajstić information content (AvgIpc) is 3.15. The van der Waals surface area contributed by atoms with E-state index in [4.69, 9.17) is 8.94 Å². The third-order valence-electron chi connectivity index (χ3n) is 4.12. The Morgan fingerprint density at radius 3 is 2.91 bits per heavy atom. The Morgan fingerprint density at radius 2 is 2.27 bits per heavy atom. The van der Waals surface area contributed by atoms with Gasteiger partial charge in [-0.15, -0.1) is 0 Å². The number of carbonyl (C=O) groups excluding carboxylic acids is 1. The topological polar surface area (TPSA) is 72.4 Å². The second kappa shape index (κ2) is 5.94. The van der Waals surface area contributed by atoms with Crippen LogP contribution in [0.15, 0.2) is 21.3 Å². The molecule has 0 saturated carbocycles. The maximum atomic E-state index is 12.6. The van der Waals surface area contributed by atoms with Gasteiger partial charge < -0.3 is 13.8 Å². The van der Waals surface area contributed by atoms with E-state index in [9.17, 15) is 4.79 Å². The molecule has 2 aromatic rings. The minimum atomic E-state index is 0.0135. The largest absolute Gasteiger partial charge is 0.469 e. The van der Waals surface area contributed by atoms with Crippen LogP contribution in [0, 0.1) is 6.92 Å². The predicted molar refractivity (Wildman–Crippen MR) is 79.7 cm³/mol. The van der Waals surface area contributed by atoms with Crippen molar-refractivity contribution < 1.29 is 13.7 Å². The van der Waals surface area contributed by atoms with E-state index in [0.717, 1.165) is 25.2 Å². The maximum absolute atomic E-state index is 12.6. The standard InChI is InChI=1S/C16H21N3O3/c1-10(2)14-17-15(22-18-14)12-5-4-7-19(9-12)16(20)13-6-8-21-11(13)3/h6,8,10,12H,4-5,7,9H2,1-3H3/t12-/m0/s1. The van der Waals surface area contributed by atoms with Crippen LogP contribution in [0.2, 0.25) is 0 Å². The average molecular weight is 303 g/mol. The molecule has 1 amide bonds. The Kier molecular flexibility index (Phi) is 4.00. The normalized spacial score (nSPS) is 18.9. The zero-order valence-corrected chi connectivity index (χ0v) is 13.2. The van der Waals surface area contributed by atoms with Crippen LogP contribution in [0.5, 0.6) is 0 Å². The summed E-state index contributed by atoms with van der Waals surface area (Å²) in [5, 5.41) is 4.02. The van der Waals surface area contributed by atoms with E-state index in [-0.39, 0.29) is 17.7 Å². The zero-order chi connectivity index (χ0) is 15.7. The van der Waals surface area contributed by atoms with Crippen LogP contribution in [-0.2, 0) is 0 Å². The van der Waals surface area contributed by atoms with Crippen molar-refractivity contribution in [3.05, 3.63) is 35.4 Å². The van der Waals surface area contributed by atoms with Crippen molar-refractivity contribution in [1.29, 1.82) is 0 Å². The van der Waals surface area contributed by atoms with Crippen LogP contribution < -0.4 is 0 Å². The molecule has 3 heterocycles. The zero-order valence-electron chi connectivity index (χ0n) is 13.2. The fourth-order valence-corrected chi connectivity index (χ4v) is 2.79. The van der Waals surface area contributed by atoms with Crippen LogP contribution in [0.25, 0.3) is 0 Å². The molecular weight excluding hydrogens is 282 g/mol. The summed E-state index contributed by atoms with van der Waals surface area (Å²) in [5.41, 5.74) is 0.633. The van der Waals surface area contributed by atoms with Crippen LogP contribution in [0.3, 0.4) is 0 Å². The third-order valence-corrected chi connectivity index (χ3v) is 4.12. The van der Waals surface area contributed by atoms with Crippen molar-refractivity contribution >= 4 is 5.91 Å². The minimum Gasteiger partial charge on any atom is -0.469 e. The van der Waals surface area contributed by atoms with Gasteiger partial charge in [0.25, 0.3) is 5.91 Å². The van der Waals surface area contributed by atoms with Crippen molar-refractivity contribution in [2.24, 2.45) is 0 Å². The summed E-state index contributed by atoms with van der Waals surface area (Å²) in [4.78, 5) is 18.9. The number of aromatic nitrogens is 2. The lowest BCUT2D eigenvalue weighted by molar-refractivity contribution is 0.0694. The van der Waals surface area contributed by atoms with E-state index in [2.05, 4.69) is 10.1 Å². The minimum absolute atomic E-state index is 0.0135. The number of furan rings is 1. The second-order valence-corrected chi connectivity index (χ2v) is 6.13. The number of aryl methyl sites for hydroxylation is 1. The first kappa shape index (κ1) is 14.8. The molecule has 1 aliphatic rings. The Morgan fingerprint density at radius 1 is 1.45 bits per heavy atom. The van der Waals surface area contributed by atoms with Crippen LogP contribution in [0.4, 0.5) is 0 Å². The van der Waals surface area contributed by atoms with Crippen molar-refractivity contribution in [3.8, 4) is 0 Å². The SMILES string of the molecule is Cc1occc1C(=O)N1CCC[C@H](c2nc(C(C)C)no2)C1. The van der Waals surface area contributed by atoms with Crippen LogP contribution >= 0.6 is 0 Å². The fraction of sp³-hybridized carbons (Fsp3) is 0.562. The molecule has 3 rings (SSSR count). The molecule has 0 unspecified atom stereocenters. The Bertz CT molecular complexity index is 659. The van der Waals surface area contributed by atoms with Gasteiger partial charge in [-0.25, -0.2) is 0 Å². The molecule has 0 radical (unpaired) electrons. The number of hydrogen-bond donors (Lipinski definition) is 0. The number of amides is 1. The summed E-state index contributed by atoms with van der Waals surface area (Å²) in [6.45, 7) is 7.25. The molecule has 0 bridgehead atoms. The first-order valence-corrected chi connectivity index (χ1v) is 7.73. The lowest BCUT2D eigenvalue weighted by atomic mass is 9.97. The van der Waals surface area contributed by atoms with E-state index in [1.54, 1.807) is 12.3 Å². The van der Waals surface area contributed by atoms with Gasteiger partial charge in [-0.3, -0.25) is 4.79 Å². The number of piperidine rings is 1. The monoisotopic (exact) mass is 303 g/mol. The van der Waals surface area contributed by atoms with Gasteiger partial charge in [0, 0.05) is 19.0 Å². The molecule has 0 N–H and O–H groups in total. The Balaban J connectivity index is 1.73. The van der Waals surface area contributed by atoms with E-state index in [1.165, 1.54) is 0 Å². The van der Waals surface area contributed by atoms with Gasteiger partial charge in [0.2, 0.25) is 5.89 Å². The van der Waals surface area contributed by atoms with Gasteiger partial charge >= 0.3 is 0 Å². The molecular formula is C16H21N3O3. The molecule has 1 saturated heterocycles. The van der Waals surface area contributed by atoms with Crippen LogP contribution in [-0.4, -0.2) is 34.0 Å². The summed E-state index contributed by atoms with van der Waals surface area (Å²) in [7, 11) is 0. The summed E-state index contributed by atoms with van der Waals surface area (Å²) < 4.78 is 10.6. The third kappa shape index (κ3) is 2.77. The summed E-state index contributed by atoms with van der Waals surface area (Å²) >= 11 is 0. The van der Waals surface area contributed by atoms with Gasteiger partial charge in [-0.2, -0.15) is 4.98 Å². The van der Waals surface area contributed by atoms with E-state index in [1.807, 2.05) is 25.7 Å². The van der Waals surface area contributed by atoms with Crippen LogP contribution in [0.1, 0.15) is 66.4 Å². The van der Waals surface area contributed by atoms with Crippen molar-refractivity contribution in [2.75, 3.05) is 13.1 Å². The molecule has 0 aliphatic carbocycles. The first-order valence-electron chi connectivity index (χ1n) is 7.73. The lowest BCUT2D eigenvalue weighted by Gasteiger charge is -2.30. The van der Waals surface area contributed by atoms with E-state index < -0.39 is 0 Å². The number of rotatable bonds is 3. The van der Waals surface area contributed by atoms with Gasteiger partial charge in [0.15, 0.2) is 5.82 Å². The summed E-state index contributed by atoms with van der Waals surface area (Å²) in [6, 6.07) is 1.73. The number of likely N-dealkylation sites (tertiary alicyclic amines) is 1. The molecule has 6 heteroatoms. The highest BCUT2D eigenvalue weighted by molar-refractivity contribution is 5.95. The molecule has 118 valence electrons. The van der Waals surface area contributed by atoms with Gasteiger partial charge in [0.05, 0.1) is 17.7 Å². The van der Waals surface area contributed by atoms with Crippen molar-refractivity contribution in [1.82, 2.24) is 15.0 Å². The van der Waals surface area contributed by atoms with Gasteiger partial charge in [-0.05, 0) is 25.8 Å². The predicted octanol–water partition coefficient (Wildman–Crippen LogP) is 3.11. The van der Waals surface area contributed by atoms with E-state index >= 15 is 0 Å². The second-order valence-electron chi connectivity index (χ2n) is 6.13. The molecule has 0 aromatic carbocycles. The molecule has 22 heavy (non-hydrogen) atoms. The molecule has 6 nitrogen and oxygen atoms in total. The quantitative estimate of drug-likeness (QED) is 0.871. The smallest absolute Gasteiger partial charge is 0.257 e. The Labute approximate surface area is 129 Å². The molecule has 1 aliphatic heterocycles. The lowest BCUT2D eigenvalue weighted by Crippen LogP contribution is -2.39. The highest BCUT2D eigenvalue weighted by Crippen LogP contribution is 2.28. The van der Waals surface area contributed by atoms with Gasteiger partial charge in [0.1, 0.15) is 5.76 Å². The Hall–Kier alpha value is -2.11. The van der Waals surface area contributed by atoms with Crippen molar-refractivity contribution in [2.45, 2.75) is 45.4 Å². The highest BCUT2D eigenvalue weighted by atomic mass is 16.5. The fourth-order valence-electron chi connectivity index (χ4n) is 2.79. The molecule has 1 fully saturated rings.